The fourth-order valence-electron chi connectivity index (χ4n) is 3.25. The lowest BCUT2D eigenvalue weighted by Crippen LogP contribution is -2.36. The lowest BCUT2D eigenvalue weighted by molar-refractivity contribution is -0.139. The van der Waals surface area contributed by atoms with Crippen molar-refractivity contribution >= 4 is 17.9 Å². The molecule has 1 unspecified atom stereocenters. The fraction of sp³-hybridized carbons (Fsp3) is 0.263. The summed E-state index contributed by atoms with van der Waals surface area (Å²) in [4.78, 5) is 18.7. The lowest BCUT2D eigenvalue weighted by Gasteiger charge is -2.24. The van der Waals surface area contributed by atoms with Crippen molar-refractivity contribution in [1.82, 2.24) is 14.2 Å². The Balaban J connectivity index is 1.34. The van der Waals surface area contributed by atoms with Gasteiger partial charge in [-0.1, -0.05) is 36.4 Å². The first-order valence-corrected chi connectivity index (χ1v) is 9.03. The molecule has 3 heterocycles. The van der Waals surface area contributed by atoms with Gasteiger partial charge in [-0.25, -0.2) is 9.29 Å². The highest BCUT2D eigenvalue weighted by molar-refractivity contribution is 7.97. The number of aliphatic hydroxyl groups excluding tert-OH is 1. The SMILES string of the molecule is O=C(C(O)c1ccccc1)N1CC2=C(CN(Sc3ccccn3)C2)C1. The highest BCUT2D eigenvalue weighted by Gasteiger charge is 2.35. The van der Waals surface area contributed by atoms with Gasteiger partial charge in [0, 0.05) is 32.4 Å². The van der Waals surface area contributed by atoms with Crippen molar-refractivity contribution in [2.75, 3.05) is 26.2 Å². The molecule has 0 bridgehead atoms. The van der Waals surface area contributed by atoms with Crippen molar-refractivity contribution in [2.45, 2.75) is 11.1 Å². The standard InChI is InChI=1S/C19H19N3O2S/c23-18(14-6-2-1-3-7-14)19(24)21-10-15-12-22(13-16(15)11-21)25-17-8-4-5-9-20-17/h1-9,18,23H,10-13H2. The molecule has 5 nitrogen and oxygen atoms in total. The Morgan fingerprint density at radius 2 is 1.68 bits per heavy atom. The summed E-state index contributed by atoms with van der Waals surface area (Å²) >= 11 is 1.65. The molecule has 0 aliphatic carbocycles. The van der Waals surface area contributed by atoms with Gasteiger partial charge in [-0.3, -0.25) is 4.79 Å². The zero-order valence-electron chi connectivity index (χ0n) is 13.7. The molecule has 1 aromatic heterocycles. The van der Waals surface area contributed by atoms with Crippen LogP contribution >= 0.6 is 11.9 Å². The van der Waals surface area contributed by atoms with Crippen LogP contribution in [0.2, 0.25) is 0 Å². The van der Waals surface area contributed by atoms with Crippen LogP contribution in [0.4, 0.5) is 0 Å². The second-order valence-corrected chi connectivity index (χ2v) is 7.39. The van der Waals surface area contributed by atoms with Gasteiger partial charge in [0.2, 0.25) is 0 Å². The molecule has 2 aliphatic heterocycles. The van der Waals surface area contributed by atoms with Crippen molar-refractivity contribution in [3.8, 4) is 0 Å². The van der Waals surface area contributed by atoms with Crippen molar-refractivity contribution in [1.29, 1.82) is 0 Å². The van der Waals surface area contributed by atoms with Crippen LogP contribution in [0.1, 0.15) is 11.7 Å². The Kier molecular flexibility index (Phi) is 4.57. The van der Waals surface area contributed by atoms with E-state index >= 15 is 0 Å². The van der Waals surface area contributed by atoms with Crippen LogP contribution in [0.5, 0.6) is 0 Å². The van der Waals surface area contributed by atoms with E-state index < -0.39 is 6.10 Å². The van der Waals surface area contributed by atoms with E-state index in [1.54, 1.807) is 35.2 Å². The molecule has 2 aromatic rings. The first-order chi connectivity index (χ1) is 12.2. The van der Waals surface area contributed by atoms with Gasteiger partial charge >= 0.3 is 0 Å². The van der Waals surface area contributed by atoms with Crippen molar-refractivity contribution in [3.05, 3.63) is 71.4 Å². The summed E-state index contributed by atoms with van der Waals surface area (Å²) in [5.74, 6) is -0.218. The summed E-state index contributed by atoms with van der Waals surface area (Å²) in [5, 5.41) is 11.3. The average Bonchev–Trinajstić information content (AvgIpc) is 3.20. The van der Waals surface area contributed by atoms with Crippen LogP contribution in [-0.4, -0.2) is 51.4 Å². The van der Waals surface area contributed by atoms with Crippen LogP contribution in [0.3, 0.4) is 0 Å². The highest BCUT2D eigenvalue weighted by Crippen LogP contribution is 2.33. The first kappa shape index (κ1) is 16.3. The fourth-order valence-corrected chi connectivity index (χ4v) is 4.20. The Morgan fingerprint density at radius 1 is 1.00 bits per heavy atom. The van der Waals surface area contributed by atoms with Crippen molar-refractivity contribution in [3.63, 3.8) is 0 Å². The largest absolute Gasteiger partial charge is 0.378 e. The lowest BCUT2D eigenvalue weighted by atomic mass is 10.1. The monoisotopic (exact) mass is 353 g/mol. The molecule has 25 heavy (non-hydrogen) atoms. The second kappa shape index (κ2) is 7.00. The minimum absolute atomic E-state index is 0.218. The van der Waals surface area contributed by atoms with Gasteiger partial charge < -0.3 is 10.0 Å². The van der Waals surface area contributed by atoms with E-state index in [-0.39, 0.29) is 5.91 Å². The second-order valence-electron chi connectivity index (χ2n) is 6.27. The molecule has 4 rings (SSSR count). The van der Waals surface area contributed by atoms with Gasteiger partial charge in [-0.05, 0) is 40.8 Å². The first-order valence-electron chi connectivity index (χ1n) is 8.26. The van der Waals surface area contributed by atoms with Crippen LogP contribution in [0.25, 0.3) is 0 Å². The predicted octanol–water partition coefficient (Wildman–Crippen LogP) is 2.28. The molecule has 0 radical (unpaired) electrons. The smallest absolute Gasteiger partial charge is 0.256 e. The maximum Gasteiger partial charge on any atom is 0.256 e. The summed E-state index contributed by atoms with van der Waals surface area (Å²) < 4.78 is 2.27. The highest BCUT2D eigenvalue weighted by atomic mass is 32.2. The third kappa shape index (κ3) is 3.46. The number of amides is 1. The Labute approximate surface area is 151 Å². The molecule has 0 fully saturated rings. The Hall–Kier alpha value is -2.15. The molecule has 2 aliphatic rings. The number of rotatable bonds is 4. The molecule has 0 saturated heterocycles. The van der Waals surface area contributed by atoms with Gasteiger partial charge in [-0.15, -0.1) is 0 Å². The summed E-state index contributed by atoms with van der Waals surface area (Å²) in [6.45, 7) is 2.89. The van der Waals surface area contributed by atoms with E-state index in [9.17, 15) is 9.90 Å². The van der Waals surface area contributed by atoms with Crippen molar-refractivity contribution < 1.29 is 9.90 Å². The summed E-state index contributed by atoms with van der Waals surface area (Å²) in [6.07, 6.45) is 0.713. The summed E-state index contributed by atoms with van der Waals surface area (Å²) in [5.41, 5.74) is 3.22. The van der Waals surface area contributed by atoms with E-state index in [4.69, 9.17) is 0 Å². The van der Waals surface area contributed by atoms with Gasteiger partial charge in [0.15, 0.2) is 6.10 Å². The maximum absolute atomic E-state index is 12.6. The third-order valence-electron chi connectivity index (χ3n) is 4.52. The normalized spacial score (nSPS) is 18.5. The van der Waals surface area contributed by atoms with Crippen LogP contribution in [-0.2, 0) is 4.79 Å². The molecule has 1 atom stereocenters. The number of carbonyl (C=O) groups is 1. The molecule has 1 N–H and O–H groups in total. The van der Waals surface area contributed by atoms with E-state index in [1.165, 1.54) is 11.1 Å². The molecule has 128 valence electrons. The zero-order chi connectivity index (χ0) is 17.2. The number of aromatic nitrogens is 1. The number of hydrogen-bond donors (Lipinski definition) is 1. The molecular weight excluding hydrogens is 334 g/mol. The Morgan fingerprint density at radius 3 is 2.32 bits per heavy atom. The van der Waals surface area contributed by atoms with E-state index in [0.717, 1.165) is 18.1 Å². The van der Waals surface area contributed by atoms with Crippen LogP contribution in [0, 0.1) is 0 Å². The van der Waals surface area contributed by atoms with Crippen LogP contribution in [0.15, 0.2) is 70.9 Å². The maximum atomic E-state index is 12.6. The minimum Gasteiger partial charge on any atom is -0.378 e. The van der Waals surface area contributed by atoms with E-state index in [0.29, 0.717) is 18.7 Å². The van der Waals surface area contributed by atoms with Crippen LogP contribution < -0.4 is 0 Å². The molecule has 6 heteroatoms. The number of pyridine rings is 1. The predicted molar refractivity (Wildman–Crippen MR) is 96.7 cm³/mol. The van der Waals surface area contributed by atoms with Gasteiger partial charge in [0.25, 0.3) is 5.91 Å². The number of benzene rings is 1. The molecular formula is C19H19N3O2S. The summed E-state index contributed by atoms with van der Waals surface area (Å²) in [7, 11) is 0. The minimum atomic E-state index is -1.08. The third-order valence-corrected chi connectivity index (χ3v) is 5.46. The average molecular weight is 353 g/mol. The molecule has 0 saturated carbocycles. The number of carbonyl (C=O) groups excluding carboxylic acids is 1. The van der Waals surface area contributed by atoms with Gasteiger partial charge in [0.1, 0.15) is 5.03 Å². The van der Waals surface area contributed by atoms with E-state index in [2.05, 4.69) is 9.29 Å². The topological polar surface area (TPSA) is 56.7 Å². The number of nitrogens with zero attached hydrogens (tertiary/aromatic N) is 3. The number of aliphatic hydroxyl groups is 1. The Bertz CT molecular complexity index is 777. The molecule has 0 spiro atoms. The zero-order valence-corrected chi connectivity index (χ0v) is 14.5. The number of hydrogen-bond acceptors (Lipinski definition) is 5. The van der Waals surface area contributed by atoms with Gasteiger partial charge in [0.05, 0.1) is 0 Å². The quantitative estimate of drug-likeness (QED) is 0.675. The summed E-state index contributed by atoms with van der Waals surface area (Å²) in [6, 6.07) is 15.0. The van der Waals surface area contributed by atoms with Crippen molar-refractivity contribution in [2.24, 2.45) is 0 Å². The molecule has 1 amide bonds. The molecule has 1 aromatic carbocycles. The van der Waals surface area contributed by atoms with E-state index in [1.807, 2.05) is 36.4 Å². The van der Waals surface area contributed by atoms with Gasteiger partial charge in [-0.2, -0.15) is 0 Å².